The second kappa shape index (κ2) is 5.75. The molecule has 0 rings (SSSR count). The Hall–Kier alpha value is -0.830. The first-order valence-electron chi connectivity index (χ1n) is 4.63. The summed E-state index contributed by atoms with van der Waals surface area (Å²) in [5.41, 5.74) is 6.85. The standard InChI is InChI=1S/C10H19NO2/c1-7(2)9(10(12)13)8(3)5-4-6-11/h7H,4-6,11H2,1-3H3,(H,12,13). The van der Waals surface area contributed by atoms with Crippen LogP contribution in [0.3, 0.4) is 0 Å². The van der Waals surface area contributed by atoms with Crippen molar-refractivity contribution in [2.24, 2.45) is 11.7 Å². The first kappa shape index (κ1) is 12.2. The maximum absolute atomic E-state index is 10.9. The summed E-state index contributed by atoms with van der Waals surface area (Å²) in [6.07, 6.45) is 1.64. The minimum atomic E-state index is -0.801. The molecule has 0 unspecified atom stereocenters. The van der Waals surface area contributed by atoms with Crippen molar-refractivity contribution in [2.75, 3.05) is 6.54 Å². The Morgan fingerprint density at radius 2 is 2.00 bits per heavy atom. The minimum absolute atomic E-state index is 0.0790. The van der Waals surface area contributed by atoms with Crippen LogP contribution < -0.4 is 5.73 Å². The molecule has 76 valence electrons. The summed E-state index contributed by atoms with van der Waals surface area (Å²) >= 11 is 0. The van der Waals surface area contributed by atoms with E-state index in [1.54, 1.807) is 0 Å². The zero-order valence-electron chi connectivity index (χ0n) is 8.63. The van der Waals surface area contributed by atoms with E-state index in [-0.39, 0.29) is 5.92 Å². The summed E-state index contributed by atoms with van der Waals surface area (Å²) in [7, 11) is 0. The number of hydrogen-bond donors (Lipinski definition) is 2. The first-order chi connectivity index (χ1) is 6.00. The molecule has 3 nitrogen and oxygen atoms in total. The SMILES string of the molecule is CC(CCCN)=C(C(=O)O)C(C)C. The van der Waals surface area contributed by atoms with Gasteiger partial charge in [0.15, 0.2) is 0 Å². The zero-order chi connectivity index (χ0) is 10.4. The van der Waals surface area contributed by atoms with E-state index in [1.807, 2.05) is 20.8 Å². The Labute approximate surface area is 79.6 Å². The summed E-state index contributed by atoms with van der Waals surface area (Å²) in [5.74, 6) is -0.722. The number of hydrogen-bond acceptors (Lipinski definition) is 2. The van der Waals surface area contributed by atoms with Gasteiger partial charge in [0.25, 0.3) is 0 Å². The summed E-state index contributed by atoms with van der Waals surface area (Å²) in [6, 6.07) is 0. The normalized spacial score (nSPS) is 13.0. The Bertz CT molecular complexity index is 207. The lowest BCUT2D eigenvalue weighted by molar-refractivity contribution is -0.133. The van der Waals surface area contributed by atoms with Crippen molar-refractivity contribution in [3.05, 3.63) is 11.1 Å². The van der Waals surface area contributed by atoms with Gasteiger partial charge in [-0.2, -0.15) is 0 Å². The maximum Gasteiger partial charge on any atom is 0.331 e. The van der Waals surface area contributed by atoms with E-state index in [1.165, 1.54) is 0 Å². The second-order valence-corrected chi connectivity index (χ2v) is 3.55. The fourth-order valence-corrected chi connectivity index (χ4v) is 1.42. The molecule has 0 spiro atoms. The molecule has 0 aromatic carbocycles. The van der Waals surface area contributed by atoms with Crippen molar-refractivity contribution in [1.29, 1.82) is 0 Å². The smallest absolute Gasteiger partial charge is 0.331 e. The summed E-state index contributed by atoms with van der Waals surface area (Å²) in [6.45, 7) is 6.28. The molecular formula is C10H19NO2. The predicted octanol–water partition coefficient (Wildman–Crippen LogP) is 1.78. The van der Waals surface area contributed by atoms with E-state index in [0.717, 1.165) is 18.4 Å². The molecule has 0 aliphatic rings. The van der Waals surface area contributed by atoms with Crippen LogP contribution in [0.1, 0.15) is 33.6 Å². The topological polar surface area (TPSA) is 63.3 Å². The number of carboxylic acids is 1. The van der Waals surface area contributed by atoms with Crippen molar-refractivity contribution in [2.45, 2.75) is 33.6 Å². The van der Waals surface area contributed by atoms with Crippen LogP contribution >= 0.6 is 0 Å². The van der Waals surface area contributed by atoms with Crippen LogP contribution in [-0.4, -0.2) is 17.6 Å². The minimum Gasteiger partial charge on any atom is -0.478 e. The molecule has 0 fully saturated rings. The second-order valence-electron chi connectivity index (χ2n) is 3.55. The molecule has 0 aliphatic heterocycles. The molecule has 0 radical (unpaired) electrons. The third kappa shape index (κ3) is 4.08. The predicted molar refractivity (Wildman–Crippen MR) is 53.5 cm³/mol. The molecule has 0 saturated carbocycles. The van der Waals surface area contributed by atoms with Crippen LogP contribution in [0.4, 0.5) is 0 Å². The van der Waals surface area contributed by atoms with E-state index in [9.17, 15) is 4.79 Å². The summed E-state index contributed by atoms with van der Waals surface area (Å²) in [5, 5.41) is 8.92. The van der Waals surface area contributed by atoms with Gasteiger partial charge in [-0.15, -0.1) is 0 Å². The fraction of sp³-hybridized carbons (Fsp3) is 0.700. The quantitative estimate of drug-likeness (QED) is 0.642. The highest BCUT2D eigenvalue weighted by atomic mass is 16.4. The van der Waals surface area contributed by atoms with Gasteiger partial charge in [-0.05, 0) is 32.2 Å². The first-order valence-corrected chi connectivity index (χ1v) is 4.63. The average molecular weight is 185 g/mol. The Morgan fingerprint density at radius 3 is 2.31 bits per heavy atom. The third-order valence-electron chi connectivity index (χ3n) is 2.02. The molecule has 0 heterocycles. The molecule has 0 atom stereocenters. The van der Waals surface area contributed by atoms with Crippen molar-refractivity contribution in [3.63, 3.8) is 0 Å². The largest absolute Gasteiger partial charge is 0.478 e. The van der Waals surface area contributed by atoms with E-state index >= 15 is 0 Å². The fourth-order valence-electron chi connectivity index (χ4n) is 1.42. The lowest BCUT2D eigenvalue weighted by Gasteiger charge is -2.10. The molecule has 0 bridgehead atoms. The van der Waals surface area contributed by atoms with Crippen molar-refractivity contribution < 1.29 is 9.90 Å². The molecule has 0 saturated heterocycles. The highest BCUT2D eigenvalue weighted by molar-refractivity contribution is 5.87. The highest BCUT2D eigenvalue weighted by Gasteiger charge is 2.14. The Morgan fingerprint density at radius 1 is 1.46 bits per heavy atom. The number of aliphatic carboxylic acids is 1. The number of allylic oxidation sites excluding steroid dienone is 1. The van der Waals surface area contributed by atoms with Crippen LogP contribution in [0.5, 0.6) is 0 Å². The van der Waals surface area contributed by atoms with Gasteiger partial charge >= 0.3 is 5.97 Å². The highest BCUT2D eigenvalue weighted by Crippen LogP contribution is 2.18. The monoisotopic (exact) mass is 185 g/mol. The lowest BCUT2D eigenvalue weighted by Crippen LogP contribution is -2.10. The number of rotatable bonds is 5. The van der Waals surface area contributed by atoms with E-state index in [4.69, 9.17) is 10.8 Å². The van der Waals surface area contributed by atoms with Gasteiger partial charge in [0, 0.05) is 5.57 Å². The number of carboxylic acid groups (broad SMARTS) is 1. The number of carbonyl (C=O) groups is 1. The molecular weight excluding hydrogens is 166 g/mol. The van der Waals surface area contributed by atoms with Gasteiger partial charge in [-0.25, -0.2) is 4.79 Å². The van der Waals surface area contributed by atoms with E-state index < -0.39 is 5.97 Å². The van der Waals surface area contributed by atoms with Gasteiger partial charge in [0.05, 0.1) is 0 Å². The van der Waals surface area contributed by atoms with Crippen LogP contribution in [-0.2, 0) is 4.79 Å². The molecule has 3 N–H and O–H groups in total. The van der Waals surface area contributed by atoms with Crippen molar-refractivity contribution in [3.8, 4) is 0 Å². The van der Waals surface area contributed by atoms with Gasteiger partial charge in [0.1, 0.15) is 0 Å². The molecule has 0 aliphatic carbocycles. The summed E-state index contributed by atoms with van der Waals surface area (Å²) < 4.78 is 0. The molecule has 13 heavy (non-hydrogen) atoms. The van der Waals surface area contributed by atoms with Crippen LogP contribution in [0.25, 0.3) is 0 Å². The third-order valence-corrected chi connectivity index (χ3v) is 2.02. The van der Waals surface area contributed by atoms with Gasteiger partial charge in [-0.3, -0.25) is 0 Å². The Kier molecular flexibility index (Phi) is 5.39. The maximum atomic E-state index is 10.9. The van der Waals surface area contributed by atoms with Gasteiger partial charge < -0.3 is 10.8 Å². The lowest BCUT2D eigenvalue weighted by atomic mass is 9.95. The van der Waals surface area contributed by atoms with Crippen molar-refractivity contribution >= 4 is 5.97 Å². The van der Waals surface area contributed by atoms with Gasteiger partial charge in [-0.1, -0.05) is 19.4 Å². The van der Waals surface area contributed by atoms with E-state index in [0.29, 0.717) is 12.1 Å². The molecule has 3 heteroatoms. The van der Waals surface area contributed by atoms with Crippen molar-refractivity contribution in [1.82, 2.24) is 0 Å². The molecule has 0 aromatic heterocycles. The zero-order valence-corrected chi connectivity index (χ0v) is 8.63. The average Bonchev–Trinajstić information content (AvgIpc) is 1.99. The Balaban J connectivity index is 4.55. The van der Waals surface area contributed by atoms with Gasteiger partial charge in [0.2, 0.25) is 0 Å². The van der Waals surface area contributed by atoms with E-state index in [2.05, 4.69) is 0 Å². The van der Waals surface area contributed by atoms with Crippen LogP contribution in [0, 0.1) is 5.92 Å². The molecule has 0 aromatic rings. The number of nitrogens with two attached hydrogens (primary N) is 1. The van der Waals surface area contributed by atoms with Crippen LogP contribution in [0.2, 0.25) is 0 Å². The van der Waals surface area contributed by atoms with Crippen LogP contribution in [0.15, 0.2) is 11.1 Å². The molecule has 0 amide bonds. The summed E-state index contributed by atoms with van der Waals surface area (Å²) in [4.78, 5) is 10.9.